The number of esters is 2. The number of nitrogens with zero attached hydrogens (tertiary/aromatic N) is 1. The maximum absolute atomic E-state index is 12.7. The average molecular weight is 531 g/mol. The lowest BCUT2D eigenvalue weighted by molar-refractivity contribution is -0.136. The van der Waals surface area contributed by atoms with E-state index in [0.29, 0.717) is 11.3 Å². The maximum atomic E-state index is 12.7. The molecule has 3 amide bonds. The molecule has 2 saturated heterocycles. The average Bonchev–Trinajstić information content (AvgIpc) is 3.40. The zero-order valence-corrected chi connectivity index (χ0v) is 21.0. The molecule has 2 aromatic carbocycles. The third-order valence-electron chi connectivity index (χ3n) is 5.34. The topological polar surface area (TPSA) is 128 Å². The van der Waals surface area contributed by atoms with Crippen molar-refractivity contribution in [3.63, 3.8) is 0 Å². The number of methoxy groups -OCH3 is 1. The summed E-state index contributed by atoms with van der Waals surface area (Å²) < 4.78 is 15.8. The highest BCUT2D eigenvalue weighted by molar-refractivity contribution is 8.15. The Morgan fingerprint density at radius 3 is 2.47 bits per heavy atom. The Balaban J connectivity index is 1.50. The van der Waals surface area contributed by atoms with Gasteiger partial charge in [-0.1, -0.05) is 17.8 Å². The van der Waals surface area contributed by atoms with Gasteiger partial charge in [-0.15, -0.1) is 11.8 Å². The lowest BCUT2D eigenvalue weighted by Crippen LogP contribution is -2.28. The number of hydrogen-bond acceptors (Lipinski definition) is 10. The third-order valence-corrected chi connectivity index (χ3v) is 7.53. The van der Waals surface area contributed by atoms with Gasteiger partial charge >= 0.3 is 11.9 Å². The van der Waals surface area contributed by atoms with E-state index in [1.165, 1.54) is 18.9 Å². The van der Waals surface area contributed by atoms with E-state index < -0.39 is 28.3 Å². The summed E-state index contributed by atoms with van der Waals surface area (Å²) in [5.74, 6) is -1.04. The highest BCUT2D eigenvalue weighted by atomic mass is 32.2. The standard InChI is InChI=1S/C24H22N2O8S2/c1-3-33-23(30)13-4-7-15(8-5-13)26-19(27)12-35-22(26)14-6-9-16(17(10-14)32-2)34-20(28)11-18-21(29)25-24(31)36-18/h4-10,18,22H,3,11-12H2,1-2H3,(H,25,29,31)/t18-,22-/m1/s1. The zero-order chi connectivity index (χ0) is 25.8. The van der Waals surface area contributed by atoms with Crippen molar-refractivity contribution in [3.05, 3.63) is 53.6 Å². The fourth-order valence-electron chi connectivity index (χ4n) is 3.69. The van der Waals surface area contributed by atoms with Crippen LogP contribution in [-0.4, -0.2) is 53.7 Å². The molecule has 0 unspecified atom stereocenters. The van der Waals surface area contributed by atoms with Crippen LogP contribution in [0, 0.1) is 0 Å². The molecule has 36 heavy (non-hydrogen) atoms. The molecule has 0 aliphatic carbocycles. The molecule has 2 heterocycles. The van der Waals surface area contributed by atoms with Crippen LogP contribution in [0.5, 0.6) is 11.5 Å². The van der Waals surface area contributed by atoms with Crippen LogP contribution < -0.4 is 19.7 Å². The number of ether oxygens (including phenoxy) is 3. The lowest BCUT2D eigenvalue weighted by Gasteiger charge is -2.25. The van der Waals surface area contributed by atoms with Gasteiger partial charge in [0.05, 0.1) is 31.5 Å². The summed E-state index contributed by atoms with van der Waals surface area (Å²) in [7, 11) is 1.42. The van der Waals surface area contributed by atoms with E-state index in [0.717, 1.165) is 17.3 Å². The van der Waals surface area contributed by atoms with E-state index in [4.69, 9.17) is 14.2 Å². The van der Waals surface area contributed by atoms with Gasteiger partial charge in [0.2, 0.25) is 11.8 Å². The summed E-state index contributed by atoms with van der Waals surface area (Å²) in [6.07, 6.45) is -0.268. The molecule has 188 valence electrons. The third kappa shape index (κ3) is 5.49. The minimum Gasteiger partial charge on any atom is -0.493 e. The fourth-order valence-corrected chi connectivity index (χ4v) is 5.66. The number of rotatable bonds is 8. The molecular weight excluding hydrogens is 508 g/mol. The van der Waals surface area contributed by atoms with Gasteiger partial charge in [0, 0.05) is 5.69 Å². The van der Waals surface area contributed by atoms with Crippen LogP contribution in [0.1, 0.15) is 34.6 Å². The first kappa shape index (κ1) is 25.6. The van der Waals surface area contributed by atoms with Gasteiger partial charge in [-0.2, -0.15) is 0 Å². The van der Waals surface area contributed by atoms with Crippen molar-refractivity contribution in [2.45, 2.75) is 24.0 Å². The van der Waals surface area contributed by atoms with Crippen molar-refractivity contribution in [2.75, 3.05) is 24.4 Å². The largest absolute Gasteiger partial charge is 0.493 e. The van der Waals surface area contributed by atoms with Gasteiger partial charge in [-0.05, 0) is 48.9 Å². The number of hydrogen-bond donors (Lipinski definition) is 1. The summed E-state index contributed by atoms with van der Waals surface area (Å²) in [6.45, 7) is 2.00. The first-order chi connectivity index (χ1) is 17.3. The second-order valence-corrected chi connectivity index (χ2v) is 9.91. The van der Waals surface area contributed by atoms with Crippen molar-refractivity contribution >= 4 is 58.2 Å². The normalized spacial score (nSPS) is 19.3. The molecule has 12 heteroatoms. The number of amides is 3. The Morgan fingerprint density at radius 2 is 1.83 bits per heavy atom. The molecule has 0 spiro atoms. The van der Waals surface area contributed by atoms with Gasteiger partial charge in [0.1, 0.15) is 10.6 Å². The van der Waals surface area contributed by atoms with E-state index in [-0.39, 0.29) is 41.6 Å². The van der Waals surface area contributed by atoms with Gasteiger partial charge < -0.3 is 14.2 Å². The maximum Gasteiger partial charge on any atom is 0.338 e. The van der Waals surface area contributed by atoms with Crippen LogP contribution in [0.15, 0.2) is 42.5 Å². The number of anilines is 1. The quantitative estimate of drug-likeness (QED) is 0.401. The smallest absolute Gasteiger partial charge is 0.338 e. The number of imide groups is 1. The van der Waals surface area contributed by atoms with Crippen LogP contribution in [0.4, 0.5) is 10.5 Å². The van der Waals surface area contributed by atoms with Crippen molar-refractivity contribution in [1.29, 1.82) is 0 Å². The fraction of sp³-hybridized carbons (Fsp3) is 0.292. The second-order valence-electron chi connectivity index (χ2n) is 7.67. The summed E-state index contributed by atoms with van der Waals surface area (Å²) in [4.78, 5) is 61.6. The minimum absolute atomic E-state index is 0.0924. The molecule has 2 aliphatic heterocycles. The van der Waals surface area contributed by atoms with E-state index in [1.807, 2.05) is 0 Å². The Morgan fingerprint density at radius 1 is 1.08 bits per heavy atom. The number of carbonyl (C=O) groups is 5. The molecule has 0 aromatic heterocycles. The lowest BCUT2D eigenvalue weighted by atomic mass is 10.1. The summed E-state index contributed by atoms with van der Waals surface area (Å²) in [5.41, 5.74) is 1.76. The number of nitrogens with one attached hydrogen (secondary N) is 1. The highest BCUT2D eigenvalue weighted by Gasteiger charge is 2.36. The summed E-state index contributed by atoms with van der Waals surface area (Å²) in [5, 5.41) is 0.431. The van der Waals surface area contributed by atoms with Gasteiger partial charge in [0.15, 0.2) is 11.5 Å². The molecule has 0 radical (unpaired) electrons. The predicted molar refractivity (Wildman–Crippen MR) is 133 cm³/mol. The summed E-state index contributed by atoms with van der Waals surface area (Å²) >= 11 is 2.18. The Kier molecular flexibility index (Phi) is 7.85. The van der Waals surface area contributed by atoms with Crippen LogP contribution in [0.2, 0.25) is 0 Å². The number of carbonyl (C=O) groups excluding carboxylic acids is 5. The first-order valence-electron chi connectivity index (χ1n) is 10.9. The predicted octanol–water partition coefficient (Wildman–Crippen LogP) is 3.30. The Bertz CT molecular complexity index is 1220. The van der Waals surface area contributed by atoms with Crippen molar-refractivity contribution in [2.24, 2.45) is 0 Å². The number of benzene rings is 2. The monoisotopic (exact) mass is 530 g/mol. The molecular formula is C24H22N2O8S2. The molecule has 4 rings (SSSR count). The molecule has 0 bridgehead atoms. The second kappa shape index (κ2) is 11.0. The molecule has 2 aromatic rings. The van der Waals surface area contributed by atoms with E-state index >= 15 is 0 Å². The van der Waals surface area contributed by atoms with Gasteiger partial charge in [0.25, 0.3) is 5.24 Å². The van der Waals surface area contributed by atoms with E-state index in [9.17, 15) is 24.0 Å². The van der Waals surface area contributed by atoms with Crippen LogP contribution in [0.25, 0.3) is 0 Å². The van der Waals surface area contributed by atoms with Gasteiger partial charge in [-0.25, -0.2) is 4.79 Å². The first-order valence-corrected chi connectivity index (χ1v) is 12.8. The van der Waals surface area contributed by atoms with E-state index in [2.05, 4.69) is 5.32 Å². The van der Waals surface area contributed by atoms with Crippen molar-refractivity contribution in [3.8, 4) is 11.5 Å². The SMILES string of the molecule is CCOC(=O)c1ccc(N2C(=O)CS[C@@H]2c2ccc(OC(=O)C[C@H]3SC(=O)NC3=O)c(OC)c2)cc1. The molecule has 1 N–H and O–H groups in total. The molecule has 2 fully saturated rings. The van der Waals surface area contributed by atoms with Crippen molar-refractivity contribution < 1.29 is 38.2 Å². The number of thioether (sulfide) groups is 2. The van der Waals surface area contributed by atoms with Crippen LogP contribution in [0.3, 0.4) is 0 Å². The molecule has 0 saturated carbocycles. The molecule has 2 aliphatic rings. The van der Waals surface area contributed by atoms with Gasteiger partial charge in [-0.3, -0.25) is 29.4 Å². The van der Waals surface area contributed by atoms with E-state index in [1.54, 1.807) is 54.3 Å². The Hall–Kier alpha value is -3.51. The Labute approximate surface area is 215 Å². The summed E-state index contributed by atoms with van der Waals surface area (Å²) in [6, 6.07) is 11.6. The molecule has 2 atom stereocenters. The highest BCUT2D eigenvalue weighted by Crippen LogP contribution is 2.44. The molecule has 10 nitrogen and oxygen atoms in total. The zero-order valence-electron chi connectivity index (χ0n) is 19.3. The van der Waals surface area contributed by atoms with Crippen LogP contribution >= 0.6 is 23.5 Å². The van der Waals surface area contributed by atoms with Crippen molar-refractivity contribution in [1.82, 2.24) is 5.32 Å². The minimum atomic E-state index is -0.833. The van der Waals surface area contributed by atoms with Crippen LogP contribution in [-0.2, 0) is 19.1 Å².